The SMILES string of the molecule is CC(C)CCC(C)NC(=O)c1cc(Cl)c(N)c(Cl)c1. The van der Waals surface area contributed by atoms with E-state index in [9.17, 15) is 4.79 Å². The highest BCUT2D eigenvalue weighted by Gasteiger charge is 2.13. The first-order valence-electron chi connectivity index (χ1n) is 6.36. The summed E-state index contributed by atoms with van der Waals surface area (Å²) in [6.45, 7) is 6.31. The van der Waals surface area contributed by atoms with Gasteiger partial charge in [0, 0.05) is 11.6 Å². The third-order valence-corrected chi connectivity index (χ3v) is 3.52. The minimum atomic E-state index is -0.181. The molecule has 0 bridgehead atoms. The van der Waals surface area contributed by atoms with Crippen molar-refractivity contribution in [1.29, 1.82) is 0 Å². The lowest BCUT2D eigenvalue weighted by atomic mass is 10.0. The zero-order chi connectivity index (χ0) is 14.6. The Morgan fingerprint density at radius 2 is 1.74 bits per heavy atom. The number of benzene rings is 1. The first-order chi connectivity index (χ1) is 8.81. The molecule has 1 atom stereocenters. The van der Waals surface area contributed by atoms with E-state index in [1.165, 1.54) is 12.1 Å². The van der Waals surface area contributed by atoms with Crippen LogP contribution >= 0.6 is 23.2 Å². The van der Waals surface area contributed by atoms with E-state index in [0.29, 0.717) is 27.2 Å². The maximum Gasteiger partial charge on any atom is 0.251 e. The zero-order valence-electron chi connectivity index (χ0n) is 11.5. The largest absolute Gasteiger partial charge is 0.396 e. The smallest absolute Gasteiger partial charge is 0.251 e. The maximum absolute atomic E-state index is 12.0. The Bertz CT molecular complexity index is 438. The van der Waals surface area contributed by atoms with Gasteiger partial charge in [0.05, 0.1) is 15.7 Å². The molecule has 0 aliphatic heterocycles. The van der Waals surface area contributed by atoms with Gasteiger partial charge in [0.2, 0.25) is 0 Å². The maximum atomic E-state index is 12.0. The zero-order valence-corrected chi connectivity index (χ0v) is 13.0. The minimum absolute atomic E-state index is 0.116. The molecule has 0 radical (unpaired) electrons. The van der Waals surface area contributed by atoms with Gasteiger partial charge in [-0.25, -0.2) is 0 Å². The molecular weight excluding hydrogens is 283 g/mol. The number of nitrogens with one attached hydrogen (secondary N) is 1. The van der Waals surface area contributed by atoms with E-state index in [1.54, 1.807) is 0 Å². The Morgan fingerprint density at radius 3 is 2.21 bits per heavy atom. The van der Waals surface area contributed by atoms with Gasteiger partial charge in [0.15, 0.2) is 0 Å². The van der Waals surface area contributed by atoms with Crippen molar-refractivity contribution in [3.8, 4) is 0 Å². The molecule has 0 saturated carbocycles. The molecule has 0 fully saturated rings. The van der Waals surface area contributed by atoms with Crippen molar-refractivity contribution in [2.24, 2.45) is 5.92 Å². The van der Waals surface area contributed by atoms with Crippen LogP contribution in [0.5, 0.6) is 0 Å². The lowest BCUT2D eigenvalue weighted by molar-refractivity contribution is 0.0937. The fraction of sp³-hybridized carbons (Fsp3) is 0.500. The molecule has 1 rings (SSSR count). The highest BCUT2D eigenvalue weighted by molar-refractivity contribution is 6.39. The Hall–Kier alpha value is -0.930. The normalized spacial score (nSPS) is 12.5. The van der Waals surface area contributed by atoms with Crippen molar-refractivity contribution < 1.29 is 4.79 Å². The molecular formula is C14H20Cl2N2O. The van der Waals surface area contributed by atoms with Gasteiger partial charge >= 0.3 is 0 Å². The van der Waals surface area contributed by atoms with Crippen LogP contribution in [0.4, 0.5) is 5.69 Å². The number of hydrogen-bond acceptors (Lipinski definition) is 2. The van der Waals surface area contributed by atoms with E-state index >= 15 is 0 Å². The lowest BCUT2D eigenvalue weighted by Crippen LogP contribution is -2.32. The summed E-state index contributed by atoms with van der Waals surface area (Å²) in [5.41, 5.74) is 6.37. The number of rotatable bonds is 5. The van der Waals surface area contributed by atoms with Crippen LogP contribution in [0.2, 0.25) is 10.0 Å². The van der Waals surface area contributed by atoms with Gasteiger partial charge < -0.3 is 11.1 Å². The Labute approximate surface area is 124 Å². The van der Waals surface area contributed by atoms with Gasteiger partial charge in [0.1, 0.15) is 0 Å². The predicted octanol–water partition coefficient (Wildman–Crippen LogP) is 4.13. The highest BCUT2D eigenvalue weighted by Crippen LogP contribution is 2.28. The average Bonchev–Trinajstić information content (AvgIpc) is 2.32. The Morgan fingerprint density at radius 1 is 1.21 bits per heavy atom. The number of halogens is 2. The summed E-state index contributed by atoms with van der Waals surface area (Å²) >= 11 is 11.8. The van der Waals surface area contributed by atoms with Crippen molar-refractivity contribution in [1.82, 2.24) is 5.32 Å². The molecule has 1 aromatic rings. The van der Waals surface area contributed by atoms with Crippen molar-refractivity contribution >= 4 is 34.8 Å². The summed E-state index contributed by atoms with van der Waals surface area (Å²) in [6.07, 6.45) is 2.02. The number of carbonyl (C=O) groups is 1. The monoisotopic (exact) mass is 302 g/mol. The molecule has 19 heavy (non-hydrogen) atoms. The van der Waals surface area contributed by atoms with Gasteiger partial charge in [0.25, 0.3) is 5.91 Å². The van der Waals surface area contributed by atoms with E-state index in [4.69, 9.17) is 28.9 Å². The number of carbonyl (C=O) groups excluding carboxylic acids is 1. The standard InChI is InChI=1S/C14H20Cl2N2O/c1-8(2)4-5-9(3)18-14(19)10-6-11(15)13(17)12(16)7-10/h6-9H,4-5,17H2,1-3H3,(H,18,19). The average molecular weight is 303 g/mol. The first kappa shape index (κ1) is 16.1. The van der Waals surface area contributed by atoms with Crippen LogP contribution in [0, 0.1) is 5.92 Å². The molecule has 0 spiro atoms. The molecule has 0 saturated heterocycles. The van der Waals surface area contributed by atoms with E-state index in [0.717, 1.165) is 12.8 Å². The van der Waals surface area contributed by atoms with E-state index in [1.807, 2.05) is 6.92 Å². The van der Waals surface area contributed by atoms with Crippen LogP contribution in [-0.4, -0.2) is 11.9 Å². The third kappa shape index (κ3) is 4.92. The van der Waals surface area contributed by atoms with Crippen LogP contribution in [-0.2, 0) is 0 Å². The van der Waals surface area contributed by atoms with Crippen LogP contribution in [0.3, 0.4) is 0 Å². The van der Waals surface area contributed by atoms with Gasteiger partial charge in [-0.05, 0) is 37.8 Å². The summed E-state index contributed by atoms with van der Waals surface area (Å²) in [7, 11) is 0. The summed E-state index contributed by atoms with van der Waals surface area (Å²) in [5.74, 6) is 0.444. The van der Waals surface area contributed by atoms with Gasteiger partial charge in [-0.15, -0.1) is 0 Å². The second-order valence-corrected chi connectivity index (χ2v) is 6.01. The summed E-state index contributed by atoms with van der Waals surface area (Å²) in [6, 6.07) is 3.19. The Kier molecular flexibility index (Phi) is 5.95. The molecule has 3 N–H and O–H groups in total. The molecule has 5 heteroatoms. The van der Waals surface area contributed by atoms with E-state index in [2.05, 4.69) is 19.2 Å². The molecule has 0 aliphatic rings. The summed E-state index contributed by atoms with van der Waals surface area (Å²) in [5, 5.41) is 3.53. The molecule has 3 nitrogen and oxygen atoms in total. The van der Waals surface area contributed by atoms with Crippen LogP contribution in [0.1, 0.15) is 44.0 Å². The molecule has 0 heterocycles. The fourth-order valence-corrected chi connectivity index (χ4v) is 2.17. The molecule has 1 aromatic carbocycles. The quantitative estimate of drug-likeness (QED) is 0.804. The van der Waals surface area contributed by atoms with E-state index in [-0.39, 0.29) is 11.9 Å². The van der Waals surface area contributed by atoms with Crippen molar-refractivity contribution in [3.63, 3.8) is 0 Å². The molecule has 106 valence electrons. The summed E-state index contributed by atoms with van der Waals surface area (Å²) in [4.78, 5) is 12.0. The van der Waals surface area contributed by atoms with Crippen molar-refractivity contribution in [2.75, 3.05) is 5.73 Å². The van der Waals surface area contributed by atoms with Gasteiger partial charge in [-0.1, -0.05) is 37.0 Å². The van der Waals surface area contributed by atoms with Crippen LogP contribution in [0.15, 0.2) is 12.1 Å². The molecule has 0 aromatic heterocycles. The van der Waals surface area contributed by atoms with Crippen molar-refractivity contribution in [3.05, 3.63) is 27.7 Å². The fourth-order valence-electron chi connectivity index (χ4n) is 1.68. The lowest BCUT2D eigenvalue weighted by Gasteiger charge is -2.15. The number of nitrogens with two attached hydrogens (primary N) is 1. The second-order valence-electron chi connectivity index (χ2n) is 5.20. The molecule has 1 amide bonds. The second kappa shape index (κ2) is 7.01. The van der Waals surface area contributed by atoms with Crippen molar-refractivity contribution in [2.45, 2.75) is 39.7 Å². The molecule has 1 unspecified atom stereocenters. The number of hydrogen-bond donors (Lipinski definition) is 2. The third-order valence-electron chi connectivity index (χ3n) is 2.90. The highest BCUT2D eigenvalue weighted by atomic mass is 35.5. The minimum Gasteiger partial charge on any atom is -0.396 e. The van der Waals surface area contributed by atoms with Crippen LogP contribution in [0.25, 0.3) is 0 Å². The van der Waals surface area contributed by atoms with Crippen LogP contribution < -0.4 is 11.1 Å². The number of nitrogen functional groups attached to an aromatic ring is 1. The first-order valence-corrected chi connectivity index (χ1v) is 7.12. The van der Waals surface area contributed by atoms with E-state index < -0.39 is 0 Å². The predicted molar refractivity (Wildman–Crippen MR) is 81.9 cm³/mol. The summed E-state index contributed by atoms with van der Waals surface area (Å²) < 4.78 is 0. The van der Waals surface area contributed by atoms with Gasteiger partial charge in [-0.3, -0.25) is 4.79 Å². The topological polar surface area (TPSA) is 55.1 Å². The van der Waals surface area contributed by atoms with Gasteiger partial charge in [-0.2, -0.15) is 0 Å². The molecule has 0 aliphatic carbocycles. The Balaban J connectivity index is 2.68. The number of anilines is 1. The number of amides is 1.